The van der Waals surface area contributed by atoms with Gasteiger partial charge in [-0.15, -0.1) is 0 Å². The van der Waals surface area contributed by atoms with Crippen LogP contribution in [0.25, 0.3) is 0 Å². The molecule has 4 rings (SSSR count). The van der Waals surface area contributed by atoms with E-state index in [0.717, 1.165) is 47.3 Å². The average Bonchev–Trinajstić information content (AvgIpc) is 3.29. The number of carbonyl (C=O) groups excluding carboxylic acids is 1. The zero-order valence-electron chi connectivity index (χ0n) is 23.0. The maximum Gasteiger partial charge on any atom is 0.302 e. The molecule has 190 valence electrons. The molecule has 0 bridgehead atoms. The summed E-state index contributed by atoms with van der Waals surface area (Å²) in [4.78, 5) is 11.4. The predicted molar refractivity (Wildman–Crippen MR) is 138 cm³/mol. The molecule has 0 aliphatic heterocycles. The summed E-state index contributed by atoms with van der Waals surface area (Å²) in [5, 5.41) is 0. The van der Waals surface area contributed by atoms with Crippen LogP contribution in [-0.2, 0) is 9.53 Å². The number of fused-ring (bicyclic) bond motifs is 5. The molecule has 10 atom stereocenters. The van der Waals surface area contributed by atoms with Gasteiger partial charge in [0.1, 0.15) is 0 Å². The topological polar surface area (TPSA) is 26.3 Å². The molecule has 0 radical (unpaired) electrons. The van der Waals surface area contributed by atoms with E-state index in [9.17, 15) is 4.79 Å². The van der Waals surface area contributed by atoms with Gasteiger partial charge in [0.15, 0.2) is 0 Å². The maximum absolute atomic E-state index is 11.4. The van der Waals surface area contributed by atoms with Crippen molar-refractivity contribution >= 4 is 5.97 Å². The van der Waals surface area contributed by atoms with Gasteiger partial charge in [-0.2, -0.15) is 0 Å². The number of rotatable bonds is 8. The van der Waals surface area contributed by atoms with Crippen molar-refractivity contribution in [3.8, 4) is 0 Å². The van der Waals surface area contributed by atoms with E-state index in [1.54, 1.807) is 6.92 Å². The highest BCUT2D eigenvalue weighted by Gasteiger charge is 2.62. The molecule has 0 amide bonds. The van der Waals surface area contributed by atoms with Crippen molar-refractivity contribution in [2.75, 3.05) is 6.61 Å². The Morgan fingerprint density at radius 2 is 1.55 bits per heavy atom. The fraction of sp³-hybridized carbons (Fsp3) is 0.968. The Kier molecular flexibility index (Phi) is 7.63. The molecule has 2 nitrogen and oxygen atoms in total. The molecule has 0 aromatic heterocycles. The smallest absolute Gasteiger partial charge is 0.302 e. The van der Waals surface area contributed by atoms with E-state index in [1.165, 1.54) is 70.6 Å². The van der Waals surface area contributed by atoms with Crippen LogP contribution in [0.3, 0.4) is 0 Å². The van der Waals surface area contributed by atoms with Crippen LogP contribution in [0.5, 0.6) is 0 Å². The first kappa shape index (κ1) is 25.6. The summed E-state index contributed by atoms with van der Waals surface area (Å²) in [6.07, 6.45) is 15.6. The molecule has 0 spiro atoms. The summed E-state index contributed by atoms with van der Waals surface area (Å²) >= 11 is 0. The lowest BCUT2D eigenvalue weighted by molar-refractivity contribution is -0.144. The van der Waals surface area contributed by atoms with Gasteiger partial charge in [0.2, 0.25) is 0 Å². The second-order valence-corrected chi connectivity index (χ2v) is 13.9. The van der Waals surface area contributed by atoms with Gasteiger partial charge in [-0.3, -0.25) is 4.79 Å². The summed E-state index contributed by atoms with van der Waals surface area (Å²) < 4.78 is 5.51. The van der Waals surface area contributed by atoms with E-state index in [1.807, 2.05) is 0 Å². The molecule has 4 fully saturated rings. The van der Waals surface area contributed by atoms with Gasteiger partial charge in [-0.25, -0.2) is 0 Å². The summed E-state index contributed by atoms with van der Waals surface area (Å²) in [5.74, 6) is 7.68. The largest absolute Gasteiger partial charge is 0.466 e. The Morgan fingerprint density at radius 1 is 0.879 bits per heavy atom. The minimum absolute atomic E-state index is 0.101. The zero-order chi connectivity index (χ0) is 24.0. The third-order valence-corrected chi connectivity index (χ3v) is 12.3. The van der Waals surface area contributed by atoms with E-state index in [0.29, 0.717) is 23.4 Å². The van der Waals surface area contributed by atoms with E-state index >= 15 is 0 Å². The molecule has 2 heteroatoms. The average molecular weight is 459 g/mol. The van der Waals surface area contributed by atoms with Gasteiger partial charge in [-0.05, 0) is 122 Å². The van der Waals surface area contributed by atoms with Gasteiger partial charge >= 0.3 is 5.97 Å². The van der Waals surface area contributed by atoms with E-state index in [4.69, 9.17) is 4.74 Å². The lowest BCUT2D eigenvalue weighted by Crippen LogP contribution is -2.51. The predicted octanol–water partition coefficient (Wildman–Crippen LogP) is 8.53. The van der Waals surface area contributed by atoms with Crippen molar-refractivity contribution in [1.29, 1.82) is 0 Å². The van der Waals surface area contributed by atoms with Crippen LogP contribution in [0.2, 0.25) is 0 Å². The van der Waals surface area contributed by atoms with Crippen LogP contribution in [0.4, 0.5) is 0 Å². The molecule has 0 aromatic rings. The van der Waals surface area contributed by atoms with Crippen molar-refractivity contribution in [3.05, 3.63) is 0 Å². The molecule has 4 saturated carbocycles. The fourth-order valence-electron chi connectivity index (χ4n) is 10.4. The van der Waals surface area contributed by atoms with Crippen LogP contribution < -0.4 is 0 Å². The molecule has 0 N–H and O–H groups in total. The van der Waals surface area contributed by atoms with Gasteiger partial charge in [0, 0.05) is 6.92 Å². The lowest BCUT2D eigenvalue weighted by Gasteiger charge is -2.58. The molecule has 0 saturated heterocycles. The number of carbonyl (C=O) groups is 1. The van der Waals surface area contributed by atoms with Crippen molar-refractivity contribution in [1.82, 2.24) is 0 Å². The van der Waals surface area contributed by atoms with Gasteiger partial charge < -0.3 is 4.74 Å². The molecule has 4 aliphatic carbocycles. The minimum Gasteiger partial charge on any atom is -0.466 e. The summed E-state index contributed by atoms with van der Waals surface area (Å²) in [7, 11) is 0. The summed E-state index contributed by atoms with van der Waals surface area (Å²) in [6.45, 7) is 17.4. The first-order valence-electron chi connectivity index (χ1n) is 14.7. The first-order valence-corrected chi connectivity index (χ1v) is 14.7. The van der Waals surface area contributed by atoms with Crippen molar-refractivity contribution < 1.29 is 9.53 Å². The van der Waals surface area contributed by atoms with Crippen molar-refractivity contribution in [2.45, 2.75) is 119 Å². The van der Waals surface area contributed by atoms with Gasteiger partial charge in [0.25, 0.3) is 0 Å². The second kappa shape index (κ2) is 9.85. The Bertz CT molecular complexity index is 684. The second-order valence-electron chi connectivity index (χ2n) is 13.9. The Hall–Kier alpha value is -0.530. The van der Waals surface area contributed by atoms with E-state index in [2.05, 4.69) is 41.5 Å². The molecule has 0 heterocycles. The Morgan fingerprint density at radius 3 is 2.21 bits per heavy atom. The van der Waals surface area contributed by atoms with Crippen LogP contribution >= 0.6 is 0 Å². The Labute approximate surface area is 205 Å². The molecular weight excluding hydrogens is 404 g/mol. The first-order chi connectivity index (χ1) is 15.6. The van der Waals surface area contributed by atoms with Crippen LogP contribution in [0, 0.1) is 64.1 Å². The van der Waals surface area contributed by atoms with Crippen LogP contribution in [0.15, 0.2) is 0 Å². The zero-order valence-corrected chi connectivity index (χ0v) is 23.0. The molecule has 4 aliphatic rings. The normalized spacial score (nSPS) is 44.1. The molecule has 33 heavy (non-hydrogen) atoms. The third-order valence-electron chi connectivity index (χ3n) is 12.3. The maximum atomic E-state index is 11.4. The standard InChI is InChI=1S/C31H54O2/c1-8-23(20(2)3)10-9-21(4)26-13-14-28-25-11-12-27-24(19-33-22(5)32)15-17-31(27,7)29(25)16-18-30(26,28)6/h20-21,23-29H,8-19H2,1-7H3/t21-,23?,24-,25+,26-,27+,28?,29?,30-,31+/m1/s1. The van der Waals surface area contributed by atoms with Crippen LogP contribution in [-0.4, -0.2) is 12.6 Å². The third kappa shape index (κ3) is 4.55. The van der Waals surface area contributed by atoms with E-state index < -0.39 is 0 Å². The van der Waals surface area contributed by atoms with E-state index in [-0.39, 0.29) is 5.97 Å². The lowest BCUT2D eigenvalue weighted by atomic mass is 9.46. The summed E-state index contributed by atoms with van der Waals surface area (Å²) in [6, 6.07) is 0. The monoisotopic (exact) mass is 458 g/mol. The van der Waals surface area contributed by atoms with Crippen LogP contribution in [0.1, 0.15) is 119 Å². The molecule has 3 unspecified atom stereocenters. The quantitative estimate of drug-likeness (QED) is 0.341. The number of ether oxygens (including phenoxy) is 1. The van der Waals surface area contributed by atoms with Crippen molar-refractivity contribution in [2.24, 2.45) is 64.1 Å². The van der Waals surface area contributed by atoms with Crippen molar-refractivity contribution in [3.63, 3.8) is 0 Å². The highest BCUT2D eigenvalue weighted by Crippen LogP contribution is 2.69. The number of hydrogen-bond acceptors (Lipinski definition) is 2. The number of hydrogen-bond donors (Lipinski definition) is 0. The van der Waals surface area contributed by atoms with Gasteiger partial charge in [0.05, 0.1) is 6.61 Å². The molecule has 0 aromatic carbocycles. The molecular formula is C31H54O2. The highest BCUT2D eigenvalue weighted by molar-refractivity contribution is 5.65. The minimum atomic E-state index is -0.101. The fourth-order valence-corrected chi connectivity index (χ4v) is 10.4. The Balaban J connectivity index is 1.42. The number of esters is 1. The SMILES string of the molecule is CCC(CC[C@@H](C)[C@H]1CCC2[C@@H]3CC[C@H]4[C@@H](COC(C)=O)CC[C@]4(C)C3CC[C@@]21C)C(C)C. The summed E-state index contributed by atoms with van der Waals surface area (Å²) in [5.41, 5.74) is 1.07. The van der Waals surface area contributed by atoms with Gasteiger partial charge in [-0.1, -0.05) is 54.4 Å². The highest BCUT2D eigenvalue weighted by atomic mass is 16.5.